The summed E-state index contributed by atoms with van der Waals surface area (Å²) in [6.07, 6.45) is 0. The highest BCUT2D eigenvalue weighted by atomic mass is 32.2. The minimum absolute atomic E-state index is 0.0566. The van der Waals surface area contributed by atoms with Gasteiger partial charge in [0.25, 0.3) is 0 Å². The Kier molecular flexibility index (Phi) is 6.99. The van der Waals surface area contributed by atoms with E-state index in [9.17, 15) is 8.42 Å². The molecule has 0 atom stereocenters. The van der Waals surface area contributed by atoms with Gasteiger partial charge >= 0.3 is 0 Å². The summed E-state index contributed by atoms with van der Waals surface area (Å²) in [7, 11) is -3.71. The Labute approximate surface area is 191 Å². The lowest BCUT2D eigenvalue weighted by Gasteiger charge is -2.28. The number of anilines is 1. The Bertz CT molecular complexity index is 1160. The van der Waals surface area contributed by atoms with Gasteiger partial charge in [0.2, 0.25) is 16.0 Å². The SMILES string of the molecule is Cc1cccc(-n2c(SCCOc3ccc(S(N)(=O)=O)cc3)nnc2N2CCOCC2)c1. The van der Waals surface area contributed by atoms with Crippen molar-refractivity contribution >= 4 is 27.7 Å². The molecular weight excluding hydrogens is 450 g/mol. The van der Waals surface area contributed by atoms with Crippen molar-refractivity contribution in [1.82, 2.24) is 14.8 Å². The quantitative estimate of drug-likeness (QED) is 0.390. The number of nitrogens with zero attached hydrogens (tertiary/aromatic N) is 4. The number of ether oxygens (including phenoxy) is 2. The number of benzene rings is 2. The van der Waals surface area contributed by atoms with Gasteiger partial charge in [-0.1, -0.05) is 23.9 Å². The lowest BCUT2D eigenvalue weighted by molar-refractivity contribution is 0.122. The number of aryl methyl sites for hydroxylation is 1. The third-order valence-electron chi connectivity index (χ3n) is 4.91. The minimum Gasteiger partial charge on any atom is -0.493 e. The molecular formula is C21H25N5O4S2. The summed E-state index contributed by atoms with van der Waals surface area (Å²) in [6, 6.07) is 14.3. The molecule has 2 heterocycles. The highest BCUT2D eigenvalue weighted by Gasteiger charge is 2.21. The van der Waals surface area contributed by atoms with Crippen LogP contribution < -0.4 is 14.8 Å². The van der Waals surface area contributed by atoms with E-state index in [1.165, 1.54) is 12.1 Å². The lowest BCUT2D eigenvalue weighted by atomic mass is 10.2. The molecule has 2 N–H and O–H groups in total. The zero-order valence-corrected chi connectivity index (χ0v) is 19.3. The van der Waals surface area contributed by atoms with Gasteiger partial charge in [0.05, 0.1) is 30.4 Å². The van der Waals surface area contributed by atoms with Gasteiger partial charge in [-0.3, -0.25) is 4.57 Å². The maximum atomic E-state index is 11.4. The second-order valence-corrected chi connectivity index (χ2v) is 9.89. The third kappa shape index (κ3) is 5.41. The standard InChI is InChI=1S/C21H25N5O4S2/c1-16-3-2-4-17(15-16)26-20(25-9-11-29-12-10-25)23-24-21(26)31-14-13-30-18-5-7-19(8-6-18)32(22,27)28/h2-8,15H,9-14H2,1H3,(H2,22,27,28). The fourth-order valence-corrected chi connectivity index (χ4v) is 4.61. The number of sulfonamides is 1. The normalized spacial score (nSPS) is 14.5. The molecule has 11 heteroatoms. The van der Waals surface area contributed by atoms with E-state index in [0.29, 0.717) is 31.3 Å². The van der Waals surface area contributed by atoms with Crippen molar-refractivity contribution in [1.29, 1.82) is 0 Å². The Morgan fingerprint density at radius 3 is 2.56 bits per heavy atom. The molecule has 0 radical (unpaired) electrons. The highest BCUT2D eigenvalue weighted by molar-refractivity contribution is 7.99. The summed E-state index contributed by atoms with van der Waals surface area (Å²) >= 11 is 1.55. The first kappa shape index (κ1) is 22.6. The average Bonchev–Trinajstić information content (AvgIpc) is 3.21. The summed E-state index contributed by atoms with van der Waals surface area (Å²) in [6.45, 7) is 5.36. The van der Waals surface area contributed by atoms with E-state index in [2.05, 4.69) is 38.7 Å². The fraction of sp³-hybridized carbons (Fsp3) is 0.333. The van der Waals surface area contributed by atoms with Gasteiger partial charge in [0.15, 0.2) is 5.16 Å². The number of nitrogens with two attached hydrogens (primary N) is 1. The van der Waals surface area contributed by atoms with Crippen LogP contribution in [-0.4, -0.2) is 61.8 Å². The van der Waals surface area contributed by atoms with Crippen LogP contribution in [0.5, 0.6) is 5.75 Å². The van der Waals surface area contributed by atoms with Crippen LogP contribution in [-0.2, 0) is 14.8 Å². The molecule has 1 fully saturated rings. The van der Waals surface area contributed by atoms with E-state index in [1.807, 2.05) is 12.1 Å². The largest absolute Gasteiger partial charge is 0.493 e. The average molecular weight is 476 g/mol. The molecule has 0 unspecified atom stereocenters. The molecule has 0 spiro atoms. The molecule has 9 nitrogen and oxygen atoms in total. The van der Waals surface area contributed by atoms with Crippen LogP contribution >= 0.6 is 11.8 Å². The number of thioether (sulfide) groups is 1. The Morgan fingerprint density at radius 2 is 1.88 bits per heavy atom. The molecule has 1 aromatic heterocycles. The summed E-state index contributed by atoms with van der Waals surface area (Å²) in [5.74, 6) is 2.03. The first-order valence-electron chi connectivity index (χ1n) is 10.2. The smallest absolute Gasteiger partial charge is 0.238 e. The molecule has 170 valence electrons. The zero-order valence-electron chi connectivity index (χ0n) is 17.7. The number of morpholine rings is 1. The van der Waals surface area contributed by atoms with Crippen LogP contribution in [0, 0.1) is 6.92 Å². The second kappa shape index (κ2) is 9.90. The molecule has 32 heavy (non-hydrogen) atoms. The minimum atomic E-state index is -3.71. The van der Waals surface area contributed by atoms with E-state index in [0.717, 1.165) is 35.4 Å². The van der Waals surface area contributed by atoms with Crippen molar-refractivity contribution in [2.45, 2.75) is 17.0 Å². The molecule has 0 saturated carbocycles. The number of primary sulfonamides is 1. The summed E-state index contributed by atoms with van der Waals surface area (Å²) in [4.78, 5) is 2.24. The van der Waals surface area contributed by atoms with Gasteiger partial charge in [0.1, 0.15) is 5.75 Å². The Balaban J connectivity index is 1.45. The number of hydrogen-bond acceptors (Lipinski definition) is 8. The Hall–Kier alpha value is -2.60. The summed E-state index contributed by atoms with van der Waals surface area (Å²) in [5, 5.41) is 14.8. The number of hydrogen-bond donors (Lipinski definition) is 1. The first-order chi connectivity index (χ1) is 15.4. The maximum Gasteiger partial charge on any atom is 0.238 e. The van der Waals surface area contributed by atoms with Crippen molar-refractivity contribution in [3.63, 3.8) is 0 Å². The van der Waals surface area contributed by atoms with Crippen LogP contribution in [0.3, 0.4) is 0 Å². The molecule has 4 rings (SSSR count). The van der Waals surface area contributed by atoms with E-state index in [4.69, 9.17) is 14.6 Å². The molecule has 1 aliphatic heterocycles. The van der Waals surface area contributed by atoms with Crippen LogP contribution in [0.1, 0.15) is 5.56 Å². The van der Waals surface area contributed by atoms with Crippen molar-refractivity contribution in [3.05, 3.63) is 54.1 Å². The van der Waals surface area contributed by atoms with E-state index in [-0.39, 0.29) is 4.90 Å². The van der Waals surface area contributed by atoms with Crippen molar-refractivity contribution < 1.29 is 17.9 Å². The number of aromatic nitrogens is 3. The first-order valence-corrected chi connectivity index (χ1v) is 12.7. The molecule has 0 aliphatic carbocycles. The van der Waals surface area contributed by atoms with Crippen LogP contribution in [0.2, 0.25) is 0 Å². The van der Waals surface area contributed by atoms with Gasteiger partial charge in [-0.25, -0.2) is 13.6 Å². The van der Waals surface area contributed by atoms with Gasteiger partial charge in [-0.15, -0.1) is 10.2 Å². The maximum absolute atomic E-state index is 11.4. The monoisotopic (exact) mass is 475 g/mol. The molecule has 1 aliphatic rings. The molecule has 1 saturated heterocycles. The second-order valence-electron chi connectivity index (χ2n) is 7.27. The molecule has 0 bridgehead atoms. The van der Waals surface area contributed by atoms with Gasteiger partial charge in [-0.2, -0.15) is 0 Å². The fourth-order valence-electron chi connectivity index (χ4n) is 3.33. The predicted molar refractivity (Wildman–Crippen MR) is 123 cm³/mol. The highest BCUT2D eigenvalue weighted by Crippen LogP contribution is 2.27. The number of rotatable bonds is 8. The summed E-state index contributed by atoms with van der Waals surface area (Å²) < 4.78 is 36.0. The van der Waals surface area contributed by atoms with Gasteiger partial charge in [-0.05, 0) is 48.9 Å². The zero-order chi connectivity index (χ0) is 22.6. The molecule has 3 aromatic rings. The van der Waals surface area contributed by atoms with E-state index in [1.54, 1.807) is 23.9 Å². The lowest BCUT2D eigenvalue weighted by Crippen LogP contribution is -2.37. The van der Waals surface area contributed by atoms with Crippen LogP contribution in [0.25, 0.3) is 5.69 Å². The molecule has 2 aromatic carbocycles. The topological polar surface area (TPSA) is 113 Å². The molecule has 0 amide bonds. The van der Waals surface area contributed by atoms with Crippen LogP contribution in [0.15, 0.2) is 58.6 Å². The Morgan fingerprint density at radius 1 is 1.12 bits per heavy atom. The van der Waals surface area contributed by atoms with Crippen molar-refractivity contribution in [3.8, 4) is 11.4 Å². The van der Waals surface area contributed by atoms with Gasteiger partial charge < -0.3 is 14.4 Å². The van der Waals surface area contributed by atoms with Crippen LogP contribution in [0.4, 0.5) is 5.95 Å². The predicted octanol–water partition coefficient (Wildman–Crippen LogP) is 2.23. The van der Waals surface area contributed by atoms with Gasteiger partial charge in [0, 0.05) is 18.8 Å². The van der Waals surface area contributed by atoms with E-state index < -0.39 is 10.0 Å². The van der Waals surface area contributed by atoms with Crippen molar-refractivity contribution in [2.24, 2.45) is 5.14 Å². The summed E-state index contributed by atoms with van der Waals surface area (Å²) in [5.41, 5.74) is 2.17. The van der Waals surface area contributed by atoms with Crippen molar-refractivity contribution in [2.75, 3.05) is 43.6 Å². The van der Waals surface area contributed by atoms with E-state index >= 15 is 0 Å². The third-order valence-corrected chi connectivity index (χ3v) is 6.73.